The van der Waals surface area contributed by atoms with Crippen LogP contribution in [0.2, 0.25) is 0 Å². The number of hydrogen-bond donors (Lipinski definition) is 0. The minimum absolute atomic E-state index is 0.000308. The van der Waals surface area contributed by atoms with E-state index in [4.69, 9.17) is 0 Å². The molecule has 0 N–H and O–H groups in total. The van der Waals surface area contributed by atoms with Crippen LogP contribution in [0.4, 0.5) is 45.5 Å². The summed E-state index contributed by atoms with van der Waals surface area (Å²) < 4.78 is 0. The summed E-state index contributed by atoms with van der Waals surface area (Å²) in [6.45, 7) is 52.2. The number of rotatable bonds is 4. The topological polar surface area (TPSA) is 9.72 Å². The molecule has 2 atom stereocenters. The van der Waals surface area contributed by atoms with Gasteiger partial charge in [0.2, 0.25) is 0 Å². The first-order chi connectivity index (χ1) is 39.5. The summed E-state index contributed by atoms with van der Waals surface area (Å²) >= 11 is 0. The van der Waals surface area contributed by atoms with Crippen molar-refractivity contribution in [3.63, 3.8) is 0 Å². The molecular weight excluding hydrogens is 1030 g/mol. The van der Waals surface area contributed by atoms with Crippen LogP contribution in [0.3, 0.4) is 0 Å². The van der Waals surface area contributed by atoms with E-state index in [0.717, 1.165) is 19.3 Å². The van der Waals surface area contributed by atoms with Gasteiger partial charge in [-0.05, 0) is 222 Å². The second-order valence-corrected chi connectivity index (χ2v) is 34.7. The van der Waals surface area contributed by atoms with Gasteiger partial charge < -0.3 is 14.7 Å². The number of anilines is 8. The van der Waals surface area contributed by atoms with Gasteiger partial charge in [-0.3, -0.25) is 0 Å². The van der Waals surface area contributed by atoms with E-state index < -0.39 is 0 Å². The predicted octanol–water partition coefficient (Wildman–Crippen LogP) is 20.3. The summed E-state index contributed by atoms with van der Waals surface area (Å²) in [5, 5.41) is 0. The van der Waals surface area contributed by atoms with Gasteiger partial charge in [-0.1, -0.05) is 211 Å². The van der Waals surface area contributed by atoms with Crippen LogP contribution in [0.25, 0.3) is 11.1 Å². The zero-order valence-electron chi connectivity index (χ0n) is 56.0. The van der Waals surface area contributed by atoms with Crippen molar-refractivity contribution in [3.05, 3.63) is 171 Å². The third kappa shape index (κ3) is 8.02. The smallest absolute Gasteiger partial charge is 0.252 e. The summed E-state index contributed by atoms with van der Waals surface area (Å²) in [6.07, 6.45) is 9.35. The third-order valence-corrected chi connectivity index (χ3v) is 23.8. The molecule has 85 heavy (non-hydrogen) atoms. The maximum absolute atomic E-state index is 2.90. The maximum atomic E-state index is 2.90. The highest BCUT2D eigenvalue weighted by Gasteiger charge is 2.59. The molecule has 1 fully saturated rings. The van der Waals surface area contributed by atoms with E-state index in [2.05, 4.69) is 275 Å². The number of nitrogens with zero attached hydrogens (tertiary/aromatic N) is 3. The summed E-state index contributed by atoms with van der Waals surface area (Å²) in [5.74, 6) is 0. The third-order valence-electron chi connectivity index (χ3n) is 23.8. The highest BCUT2D eigenvalue weighted by atomic mass is 15.3. The molecule has 4 heteroatoms. The summed E-state index contributed by atoms with van der Waals surface area (Å²) in [5.41, 5.74) is 31.9. The van der Waals surface area contributed by atoms with E-state index in [9.17, 15) is 0 Å². The number of fused-ring (bicyclic) bond motifs is 10. The Labute approximate surface area is 513 Å². The molecule has 0 saturated heterocycles. The molecule has 0 radical (unpaired) electrons. The van der Waals surface area contributed by atoms with E-state index in [-0.39, 0.29) is 61.0 Å². The molecule has 440 valence electrons. The molecule has 1 saturated carbocycles. The Morgan fingerprint density at radius 3 is 1.36 bits per heavy atom. The highest BCUT2D eigenvalue weighted by Crippen LogP contribution is 2.64. The van der Waals surface area contributed by atoms with Crippen LogP contribution in [0.1, 0.15) is 245 Å². The van der Waals surface area contributed by atoms with Gasteiger partial charge in [0.05, 0.1) is 11.2 Å². The van der Waals surface area contributed by atoms with Gasteiger partial charge in [-0.15, -0.1) is 0 Å². The minimum Gasteiger partial charge on any atom is -0.334 e. The molecule has 7 aliphatic rings. The highest BCUT2D eigenvalue weighted by molar-refractivity contribution is 7.00. The Hall–Kier alpha value is -6.00. The Balaban J connectivity index is 1.18. The molecule has 0 bridgehead atoms. The number of aryl methyl sites for hydroxylation is 1. The monoisotopic (exact) mass is 1120 g/mol. The van der Waals surface area contributed by atoms with Gasteiger partial charge in [0.25, 0.3) is 6.71 Å². The average Bonchev–Trinajstić information content (AvgIpc) is 1.67. The van der Waals surface area contributed by atoms with Gasteiger partial charge in [-0.25, -0.2) is 0 Å². The van der Waals surface area contributed by atoms with Crippen molar-refractivity contribution in [2.45, 2.75) is 251 Å². The van der Waals surface area contributed by atoms with Crippen molar-refractivity contribution in [1.82, 2.24) is 0 Å². The molecule has 0 aromatic heterocycles. The lowest BCUT2D eigenvalue weighted by Gasteiger charge is -2.51. The lowest BCUT2D eigenvalue weighted by molar-refractivity contribution is 0.195. The first kappa shape index (κ1) is 56.8. The largest absolute Gasteiger partial charge is 0.334 e. The summed E-state index contributed by atoms with van der Waals surface area (Å²) in [6, 6.07) is 48.2. The fraction of sp³-hybridized carbons (Fsp3) is 0.481. The van der Waals surface area contributed by atoms with Crippen molar-refractivity contribution >= 4 is 68.6 Å². The summed E-state index contributed by atoms with van der Waals surface area (Å²) in [7, 11) is 0. The fourth-order valence-electron chi connectivity index (χ4n) is 19.2. The molecule has 3 heterocycles. The standard InChI is InChI=1S/C81H98BN3/c1-49-37-55-58(75(10,11)36-35-74(55,8)9)44-66(49)84-68-46-60-57(77(14,15)48-79(60,18)19)43-63(68)82-62-42-56-59(78(16,17)47-76(56,12)13)45-67(62)83(64-31-29-51(72(2,3)4)38-54(64)50-27-23-22-24-28-50)69-40-53(41-70(84)71(69)82)85-65-32-30-52(73(5,6)7)39-61(65)80(20)33-25-26-34-81(80,85)21/h22-24,27-32,37-46H,25-26,33-36,47-48H2,1-21H3. The van der Waals surface area contributed by atoms with Crippen molar-refractivity contribution < 1.29 is 0 Å². The minimum atomic E-state index is -0.174. The first-order valence-electron chi connectivity index (χ1n) is 33.0. The first-order valence-corrected chi connectivity index (χ1v) is 33.0. The van der Waals surface area contributed by atoms with E-state index in [1.807, 2.05) is 0 Å². The second kappa shape index (κ2) is 17.6. The molecule has 0 amide bonds. The molecule has 7 aromatic carbocycles. The lowest BCUT2D eigenvalue weighted by atomic mass is 9.33. The Bertz CT molecular complexity index is 4000. The lowest BCUT2D eigenvalue weighted by Crippen LogP contribution is -2.62. The van der Waals surface area contributed by atoms with Crippen LogP contribution in [0, 0.1) is 6.92 Å². The average molecular weight is 1120 g/mol. The van der Waals surface area contributed by atoms with Crippen LogP contribution < -0.4 is 31.1 Å². The molecule has 2 unspecified atom stereocenters. The van der Waals surface area contributed by atoms with E-state index in [0.29, 0.717) is 0 Å². The molecule has 7 aromatic rings. The van der Waals surface area contributed by atoms with Crippen LogP contribution >= 0.6 is 0 Å². The van der Waals surface area contributed by atoms with Crippen molar-refractivity contribution in [2.24, 2.45) is 0 Å². The van der Waals surface area contributed by atoms with Gasteiger partial charge in [0.1, 0.15) is 0 Å². The van der Waals surface area contributed by atoms with Gasteiger partial charge in [0, 0.05) is 50.8 Å². The zero-order chi connectivity index (χ0) is 60.7. The molecule has 3 nitrogen and oxygen atoms in total. The van der Waals surface area contributed by atoms with Gasteiger partial charge >= 0.3 is 0 Å². The number of hydrogen-bond acceptors (Lipinski definition) is 3. The van der Waals surface area contributed by atoms with Crippen molar-refractivity contribution in [1.29, 1.82) is 0 Å². The summed E-state index contributed by atoms with van der Waals surface area (Å²) in [4.78, 5) is 8.55. The van der Waals surface area contributed by atoms with E-state index in [1.165, 1.54) is 161 Å². The van der Waals surface area contributed by atoms with Crippen LogP contribution in [-0.2, 0) is 48.7 Å². The van der Waals surface area contributed by atoms with E-state index >= 15 is 0 Å². The maximum Gasteiger partial charge on any atom is 0.252 e. The molecule has 3 aliphatic heterocycles. The molecule has 4 aliphatic carbocycles. The predicted molar refractivity (Wildman–Crippen MR) is 367 cm³/mol. The van der Waals surface area contributed by atoms with Crippen LogP contribution in [0.15, 0.2) is 115 Å². The Morgan fingerprint density at radius 1 is 0.388 bits per heavy atom. The number of benzene rings is 7. The van der Waals surface area contributed by atoms with Crippen LogP contribution in [-0.4, -0.2) is 12.3 Å². The second-order valence-electron chi connectivity index (χ2n) is 34.7. The normalized spacial score (nSPS) is 23.8. The SMILES string of the molecule is Cc1cc2c(cc1N1c3cc4c(cc3B3c5cc6c(cc5N(c5ccc(C(C)(C)C)cc5-c5ccccc5)c5cc(N7c8ccc(C(C)(C)C)cc8C8(C)CCCCC78C)cc1c53)C(C)(C)CC6(C)C)C(C)(C)CC4(C)C)C(C)(C)CCC2(C)C. The Morgan fingerprint density at radius 2 is 0.835 bits per heavy atom. The Kier molecular flexibility index (Phi) is 11.8. The zero-order valence-corrected chi connectivity index (χ0v) is 56.0. The van der Waals surface area contributed by atoms with E-state index in [1.54, 1.807) is 0 Å². The van der Waals surface area contributed by atoms with Crippen molar-refractivity contribution in [2.75, 3.05) is 14.7 Å². The van der Waals surface area contributed by atoms with Crippen molar-refractivity contribution in [3.8, 4) is 11.1 Å². The molecule has 14 rings (SSSR count). The quantitative estimate of drug-likeness (QED) is 0.163. The molecular formula is C81H98BN3. The van der Waals surface area contributed by atoms with Gasteiger partial charge in [-0.2, -0.15) is 0 Å². The van der Waals surface area contributed by atoms with Crippen LogP contribution in [0.5, 0.6) is 0 Å². The van der Waals surface area contributed by atoms with Gasteiger partial charge in [0.15, 0.2) is 0 Å². The molecule has 0 spiro atoms. The fourth-order valence-corrected chi connectivity index (χ4v) is 19.2.